The Bertz CT molecular complexity index is 2950. The largest absolute Gasteiger partial charge is 0.310 e. The molecule has 1 aromatic heterocycles. The summed E-state index contributed by atoms with van der Waals surface area (Å²) in [5.74, 6) is 0. The number of fused-ring (bicyclic) bond motifs is 10. The molecule has 1 aliphatic rings. The van der Waals surface area contributed by atoms with Crippen molar-refractivity contribution in [3.05, 3.63) is 222 Å². The molecule has 10 aromatic rings. The normalized spacial score (nSPS) is 13.1. The second kappa shape index (κ2) is 11.8. The van der Waals surface area contributed by atoms with Gasteiger partial charge >= 0.3 is 0 Å². The van der Waals surface area contributed by atoms with Crippen molar-refractivity contribution in [3.8, 4) is 11.1 Å². The number of hydrogen-bond donors (Lipinski definition) is 0. The van der Waals surface area contributed by atoms with E-state index in [4.69, 9.17) is 0 Å². The molecule has 0 amide bonds. The highest BCUT2D eigenvalue weighted by atomic mass is 32.1. The fraction of sp³-hybridized carbons (Fsp3) is 0.0196. The molecule has 1 nitrogen and oxygen atoms in total. The van der Waals surface area contributed by atoms with Crippen LogP contribution in [-0.2, 0) is 5.41 Å². The summed E-state index contributed by atoms with van der Waals surface area (Å²) in [4.78, 5) is 2.39. The van der Waals surface area contributed by atoms with Gasteiger partial charge in [-0.1, -0.05) is 158 Å². The van der Waals surface area contributed by atoms with Gasteiger partial charge in [0.2, 0.25) is 0 Å². The van der Waals surface area contributed by atoms with Crippen molar-refractivity contribution < 1.29 is 0 Å². The van der Waals surface area contributed by atoms with Crippen LogP contribution in [0.2, 0.25) is 0 Å². The van der Waals surface area contributed by atoms with Gasteiger partial charge in [0, 0.05) is 42.6 Å². The molecular formula is C51H33NS. The molecule has 11 rings (SSSR count). The number of para-hydroxylation sites is 1. The second-order valence-corrected chi connectivity index (χ2v) is 15.1. The summed E-state index contributed by atoms with van der Waals surface area (Å²) in [7, 11) is 0. The van der Waals surface area contributed by atoms with Gasteiger partial charge in [-0.15, -0.1) is 11.3 Å². The van der Waals surface area contributed by atoms with E-state index in [9.17, 15) is 0 Å². The van der Waals surface area contributed by atoms with E-state index < -0.39 is 5.41 Å². The fourth-order valence-electron chi connectivity index (χ4n) is 9.05. The van der Waals surface area contributed by atoms with Gasteiger partial charge in [0.25, 0.3) is 0 Å². The summed E-state index contributed by atoms with van der Waals surface area (Å²) in [6.07, 6.45) is 0. The highest BCUT2D eigenvalue weighted by molar-refractivity contribution is 7.26. The number of anilines is 3. The van der Waals surface area contributed by atoms with Crippen LogP contribution in [0.15, 0.2) is 200 Å². The topological polar surface area (TPSA) is 3.24 Å². The van der Waals surface area contributed by atoms with Crippen molar-refractivity contribution in [1.29, 1.82) is 0 Å². The zero-order chi connectivity index (χ0) is 34.9. The third-order valence-electron chi connectivity index (χ3n) is 11.3. The standard InChI is InChI=1S/C51H33NS/c1-3-13-36(14-4-1)51(46-20-10-7-17-42(46)43-18-8-11-21-47(43)51)37-26-28-39(29-27-37)52(38-15-5-2-6-16-38)40-30-32-41-35(33-40)24-23-34-25-31-45-44-19-9-12-22-48(44)53-50(45)49(34)41/h1-33H. The maximum Gasteiger partial charge on any atom is 0.0713 e. The Balaban J connectivity index is 1.09. The number of hydrogen-bond acceptors (Lipinski definition) is 2. The van der Waals surface area contributed by atoms with Crippen LogP contribution in [0.1, 0.15) is 22.3 Å². The molecule has 2 heteroatoms. The summed E-state index contributed by atoms with van der Waals surface area (Å²) < 4.78 is 2.70. The van der Waals surface area contributed by atoms with Crippen LogP contribution in [0.25, 0.3) is 52.8 Å². The van der Waals surface area contributed by atoms with E-state index in [0.29, 0.717) is 0 Å². The van der Waals surface area contributed by atoms with Crippen LogP contribution >= 0.6 is 11.3 Å². The van der Waals surface area contributed by atoms with Crippen molar-refractivity contribution >= 4 is 70.1 Å². The van der Waals surface area contributed by atoms with Gasteiger partial charge < -0.3 is 4.90 Å². The van der Waals surface area contributed by atoms with Crippen molar-refractivity contribution in [2.75, 3.05) is 4.90 Å². The van der Waals surface area contributed by atoms with Gasteiger partial charge in [-0.3, -0.25) is 0 Å². The van der Waals surface area contributed by atoms with E-state index in [0.717, 1.165) is 17.1 Å². The molecular weight excluding hydrogens is 659 g/mol. The lowest BCUT2D eigenvalue weighted by Crippen LogP contribution is -2.28. The highest BCUT2D eigenvalue weighted by Gasteiger charge is 2.45. The number of rotatable bonds is 5. The molecule has 1 aliphatic carbocycles. The highest BCUT2D eigenvalue weighted by Crippen LogP contribution is 2.56. The third-order valence-corrected chi connectivity index (χ3v) is 12.5. The van der Waals surface area contributed by atoms with Crippen LogP contribution < -0.4 is 4.90 Å². The number of benzene rings is 9. The molecule has 0 atom stereocenters. The first kappa shape index (κ1) is 30.2. The minimum absolute atomic E-state index is 0.424. The van der Waals surface area contributed by atoms with Crippen molar-refractivity contribution in [1.82, 2.24) is 0 Å². The van der Waals surface area contributed by atoms with Crippen LogP contribution in [0.5, 0.6) is 0 Å². The molecule has 1 heterocycles. The van der Waals surface area contributed by atoms with E-state index in [1.807, 2.05) is 11.3 Å². The molecule has 0 fully saturated rings. The Kier molecular flexibility index (Phi) is 6.71. The van der Waals surface area contributed by atoms with Gasteiger partial charge in [0.05, 0.1) is 5.41 Å². The minimum Gasteiger partial charge on any atom is -0.310 e. The maximum atomic E-state index is 2.39. The van der Waals surface area contributed by atoms with E-state index >= 15 is 0 Å². The van der Waals surface area contributed by atoms with Crippen LogP contribution in [0.3, 0.4) is 0 Å². The first-order valence-electron chi connectivity index (χ1n) is 18.3. The average Bonchev–Trinajstić information content (AvgIpc) is 3.76. The SMILES string of the molecule is c1ccc(N(c2ccc(C3(c4ccccc4)c4ccccc4-c4ccccc43)cc2)c2ccc3c(ccc4ccc5c6ccccc6sc5c43)c2)cc1. The van der Waals surface area contributed by atoms with Gasteiger partial charge in [0.15, 0.2) is 0 Å². The predicted octanol–water partition coefficient (Wildman–Crippen LogP) is 14.2. The Hall–Kier alpha value is -6.48. The van der Waals surface area contributed by atoms with Gasteiger partial charge in [-0.25, -0.2) is 0 Å². The van der Waals surface area contributed by atoms with E-state index in [-0.39, 0.29) is 0 Å². The number of thiophene rings is 1. The van der Waals surface area contributed by atoms with Crippen molar-refractivity contribution in [3.63, 3.8) is 0 Å². The monoisotopic (exact) mass is 691 g/mol. The second-order valence-electron chi connectivity index (χ2n) is 14.0. The van der Waals surface area contributed by atoms with Crippen molar-refractivity contribution in [2.24, 2.45) is 0 Å². The zero-order valence-electron chi connectivity index (χ0n) is 28.9. The average molecular weight is 692 g/mol. The Morgan fingerprint density at radius 3 is 1.68 bits per heavy atom. The van der Waals surface area contributed by atoms with Crippen LogP contribution in [-0.4, -0.2) is 0 Å². The quantitative estimate of drug-likeness (QED) is 0.162. The molecule has 0 spiro atoms. The van der Waals surface area contributed by atoms with Crippen LogP contribution in [0.4, 0.5) is 17.1 Å². The molecule has 0 aliphatic heterocycles. The van der Waals surface area contributed by atoms with Crippen molar-refractivity contribution in [2.45, 2.75) is 5.41 Å². The maximum absolute atomic E-state index is 2.39. The molecule has 0 radical (unpaired) electrons. The summed E-state index contributed by atoms with van der Waals surface area (Å²) in [5, 5.41) is 7.81. The minimum atomic E-state index is -0.424. The van der Waals surface area contributed by atoms with Crippen LogP contribution in [0, 0.1) is 0 Å². The van der Waals surface area contributed by atoms with E-state index in [1.54, 1.807) is 0 Å². The number of nitrogens with zero attached hydrogens (tertiary/aromatic N) is 1. The molecule has 0 N–H and O–H groups in total. The lowest BCUT2D eigenvalue weighted by molar-refractivity contribution is 0.768. The molecule has 0 bridgehead atoms. The lowest BCUT2D eigenvalue weighted by Gasteiger charge is -2.34. The van der Waals surface area contributed by atoms with Gasteiger partial charge in [-0.2, -0.15) is 0 Å². The summed E-state index contributed by atoms with van der Waals surface area (Å²) in [6, 6.07) is 73.9. The summed E-state index contributed by atoms with van der Waals surface area (Å²) in [6.45, 7) is 0. The van der Waals surface area contributed by atoms with Gasteiger partial charge in [0.1, 0.15) is 0 Å². The first-order valence-corrected chi connectivity index (χ1v) is 19.1. The summed E-state index contributed by atoms with van der Waals surface area (Å²) >= 11 is 1.90. The van der Waals surface area contributed by atoms with E-state index in [1.165, 1.54) is 75.1 Å². The smallest absolute Gasteiger partial charge is 0.0713 e. The lowest BCUT2D eigenvalue weighted by atomic mass is 9.68. The fourth-order valence-corrected chi connectivity index (χ4v) is 10.3. The molecule has 53 heavy (non-hydrogen) atoms. The summed E-state index contributed by atoms with van der Waals surface area (Å²) in [5.41, 5.74) is 10.8. The first-order chi connectivity index (χ1) is 26.3. The zero-order valence-corrected chi connectivity index (χ0v) is 29.7. The molecule has 248 valence electrons. The van der Waals surface area contributed by atoms with E-state index in [2.05, 4.69) is 205 Å². The third kappa shape index (κ3) is 4.43. The Morgan fingerprint density at radius 2 is 0.925 bits per heavy atom. The molecule has 0 saturated heterocycles. The molecule has 9 aromatic carbocycles. The molecule has 0 unspecified atom stereocenters. The molecule has 0 saturated carbocycles. The Morgan fingerprint density at radius 1 is 0.377 bits per heavy atom. The van der Waals surface area contributed by atoms with Gasteiger partial charge in [-0.05, 0) is 92.0 Å². The Labute approximate surface area is 312 Å². The predicted molar refractivity (Wildman–Crippen MR) is 226 cm³/mol.